The Morgan fingerprint density at radius 3 is 2.48 bits per heavy atom. The molecule has 2 rings (SSSR count). The highest BCUT2D eigenvalue weighted by Gasteiger charge is 2.12. The van der Waals surface area contributed by atoms with E-state index in [0.29, 0.717) is 28.6 Å². The first-order chi connectivity index (χ1) is 12.9. The van der Waals surface area contributed by atoms with Crippen LogP contribution in [0.3, 0.4) is 0 Å². The molecule has 27 heavy (non-hydrogen) atoms. The number of methoxy groups -OCH3 is 2. The smallest absolute Gasteiger partial charge is 0.306 e. The highest BCUT2D eigenvalue weighted by Crippen LogP contribution is 2.29. The molecule has 0 bridgehead atoms. The number of hydrogen-bond donors (Lipinski definition) is 1. The molecule has 1 amide bonds. The van der Waals surface area contributed by atoms with Crippen LogP contribution in [0.5, 0.6) is 11.5 Å². The topological polar surface area (TPSA) is 73.9 Å². The van der Waals surface area contributed by atoms with E-state index in [4.69, 9.17) is 37.4 Å². The number of benzene rings is 2. The van der Waals surface area contributed by atoms with Gasteiger partial charge in [0, 0.05) is 6.42 Å². The summed E-state index contributed by atoms with van der Waals surface area (Å²) in [5.41, 5.74) is 1.25. The van der Waals surface area contributed by atoms with Crippen molar-refractivity contribution in [1.82, 2.24) is 0 Å². The third kappa shape index (κ3) is 6.05. The van der Waals surface area contributed by atoms with Crippen molar-refractivity contribution < 1.29 is 23.8 Å². The molecule has 0 aromatic heterocycles. The average Bonchev–Trinajstić information content (AvgIpc) is 2.68. The molecule has 0 aliphatic carbocycles. The van der Waals surface area contributed by atoms with E-state index in [1.165, 1.54) is 0 Å². The maximum Gasteiger partial charge on any atom is 0.306 e. The van der Waals surface area contributed by atoms with Crippen LogP contribution in [0.2, 0.25) is 10.0 Å². The van der Waals surface area contributed by atoms with Gasteiger partial charge in [-0.3, -0.25) is 9.59 Å². The second-order valence-electron chi connectivity index (χ2n) is 5.50. The summed E-state index contributed by atoms with van der Waals surface area (Å²) in [7, 11) is 3.09. The number of rotatable bonds is 8. The zero-order valence-corrected chi connectivity index (χ0v) is 16.4. The standard InChI is InChI=1S/C19H19Cl2NO5/c1-25-15-8-6-12(10-16(15)26-2)7-9-18(24)27-11-17(23)22-14-5-3-4-13(20)19(14)21/h3-6,8,10H,7,9,11H2,1-2H3,(H,22,23). The molecule has 2 aromatic carbocycles. The van der Waals surface area contributed by atoms with Gasteiger partial charge in [-0.05, 0) is 36.2 Å². The molecule has 0 saturated carbocycles. The summed E-state index contributed by atoms with van der Waals surface area (Å²) in [6, 6.07) is 10.3. The van der Waals surface area contributed by atoms with Gasteiger partial charge in [0.1, 0.15) is 0 Å². The monoisotopic (exact) mass is 411 g/mol. The van der Waals surface area contributed by atoms with Gasteiger partial charge in [-0.15, -0.1) is 0 Å². The van der Waals surface area contributed by atoms with Crippen LogP contribution < -0.4 is 14.8 Å². The molecule has 0 fully saturated rings. The average molecular weight is 412 g/mol. The Labute approximate surface area is 167 Å². The molecule has 0 saturated heterocycles. The predicted molar refractivity (Wildman–Crippen MR) is 104 cm³/mol. The largest absolute Gasteiger partial charge is 0.493 e. The van der Waals surface area contributed by atoms with Gasteiger partial charge in [-0.25, -0.2) is 0 Å². The Morgan fingerprint density at radius 1 is 1.04 bits per heavy atom. The van der Waals surface area contributed by atoms with E-state index in [1.54, 1.807) is 44.6 Å². The van der Waals surface area contributed by atoms with Crippen LogP contribution in [0.1, 0.15) is 12.0 Å². The van der Waals surface area contributed by atoms with E-state index in [-0.39, 0.29) is 11.4 Å². The fourth-order valence-corrected chi connectivity index (χ4v) is 2.64. The quantitative estimate of drug-likeness (QED) is 0.661. The van der Waals surface area contributed by atoms with Gasteiger partial charge < -0.3 is 19.5 Å². The van der Waals surface area contributed by atoms with Gasteiger partial charge in [-0.1, -0.05) is 35.3 Å². The molecule has 0 spiro atoms. The zero-order chi connectivity index (χ0) is 19.8. The minimum Gasteiger partial charge on any atom is -0.493 e. The van der Waals surface area contributed by atoms with Crippen molar-refractivity contribution >= 4 is 40.8 Å². The number of hydrogen-bond acceptors (Lipinski definition) is 5. The van der Waals surface area contributed by atoms with Gasteiger partial charge in [0.15, 0.2) is 18.1 Å². The summed E-state index contributed by atoms with van der Waals surface area (Å²) in [5.74, 6) is 0.206. The fourth-order valence-electron chi connectivity index (χ4n) is 2.29. The molecule has 0 aliphatic heterocycles. The number of amides is 1. The number of aryl methyl sites for hydroxylation is 1. The van der Waals surface area contributed by atoms with Gasteiger partial charge in [-0.2, -0.15) is 0 Å². The van der Waals surface area contributed by atoms with Crippen LogP contribution in [-0.4, -0.2) is 32.7 Å². The lowest BCUT2D eigenvalue weighted by molar-refractivity contribution is -0.147. The Hall–Kier alpha value is -2.44. The van der Waals surface area contributed by atoms with Crippen molar-refractivity contribution in [3.63, 3.8) is 0 Å². The van der Waals surface area contributed by atoms with E-state index in [0.717, 1.165) is 5.56 Å². The highest BCUT2D eigenvalue weighted by atomic mass is 35.5. The van der Waals surface area contributed by atoms with Gasteiger partial charge in [0.25, 0.3) is 5.91 Å². The molecule has 144 valence electrons. The van der Waals surface area contributed by atoms with Crippen LogP contribution >= 0.6 is 23.2 Å². The van der Waals surface area contributed by atoms with Crippen molar-refractivity contribution in [2.45, 2.75) is 12.8 Å². The molecule has 1 N–H and O–H groups in total. The molecule has 0 radical (unpaired) electrons. The first kappa shape index (κ1) is 20.9. The van der Waals surface area contributed by atoms with Gasteiger partial charge >= 0.3 is 5.97 Å². The number of esters is 1. The second-order valence-corrected chi connectivity index (χ2v) is 6.28. The number of anilines is 1. The van der Waals surface area contributed by atoms with Crippen molar-refractivity contribution in [2.24, 2.45) is 0 Å². The SMILES string of the molecule is COc1ccc(CCC(=O)OCC(=O)Nc2cccc(Cl)c2Cl)cc1OC. The molecule has 6 nitrogen and oxygen atoms in total. The first-order valence-electron chi connectivity index (χ1n) is 8.05. The lowest BCUT2D eigenvalue weighted by atomic mass is 10.1. The number of carbonyl (C=O) groups is 2. The summed E-state index contributed by atoms with van der Waals surface area (Å²) < 4.78 is 15.4. The Bertz CT molecular complexity index is 826. The van der Waals surface area contributed by atoms with Crippen molar-refractivity contribution in [1.29, 1.82) is 0 Å². The molecular weight excluding hydrogens is 393 g/mol. The summed E-state index contributed by atoms with van der Waals surface area (Å²) in [6.07, 6.45) is 0.571. The van der Waals surface area contributed by atoms with Crippen LogP contribution in [0.4, 0.5) is 5.69 Å². The Morgan fingerprint density at radius 2 is 1.78 bits per heavy atom. The number of nitrogens with one attached hydrogen (secondary N) is 1. The zero-order valence-electron chi connectivity index (χ0n) is 14.9. The maximum atomic E-state index is 11.9. The number of ether oxygens (including phenoxy) is 3. The van der Waals surface area contributed by atoms with Crippen LogP contribution in [-0.2, 0) is 20.7 Å². The van der Waals surface area contributed by atoms with Crippen LogP contribution in [0, 0.1) is 0 Å². The first-order valence-corrected chi connectivity index (χ1v) is 8.80. The molecule has 0 unspecified atom stereocenters. The summed E-state index contributed by atoms with van der Waals surface area (Å²) in [4.78, 5) is 23.8. The van der Waals surface area contributed by atoms with E-state index in [1.807, 2.05) is 6.07 Å². The maximum absolute atomic E-state index is 11.9. The molecule has 8 heteroatoms. The molecule has 0 heterocycles. The van der Waals surface area contributed by atoms with Crippen molar-refractivity contribution in [3.8, 4) is 11.5 Å². The minimum atomic E-state index is -0.501. The van der Waals surface area contributed by atoms with Crippen LogP contribution in [0.25, 0.3) is 0 Å². The lowest BCUT2D eigenvalue weighted by Gasteiger charge is -2.10. The van der Waals surface area contributed by atoms with Crippen LogP contribution in [0.15, 0.2) is 36.4 Å². The van der Waals surface area contributed by atoms with Gasteiger partial charge in [0.2, 0.25) is 0 Å². The van der Waals surface area contributed by atoms with Crippen molar-refractivity contribution in [2.75, 3.05) is 26.1 Å². The van der Waals surface area contributed by atoms with Crippen molar-refractivity contribution in [3.05, 3.63) is 52.0 Å². The summed E-state index contributed by atoms with van der Waals surface area (Å²) in [5, 5.41) is 3.09. The third-order valence-corrected chi connectivity index (χ3v) is 4.47. The highest BCUT2D eigenvalue weighted by molar-refractivity contribution is 6.44. The van der Waals surface area contributed by atoms with E-state index >= 15 is 0 Å². The molecule has 0 atom stereocenters. The van der Waals surface area contributed by atoms with E-state index < -0.39 is 18.5 Å². The number of carbonyl (C=O) groups excluding carboxylic acids is 2. The number of halogens is 2. The Balaban J connectivity index is 1.80. The minimum absolute atomic E-state index is 0.126. The van der Waals surface area contributed by atoms with E-state index in [9.17, 15) is 9.59 Å². The third-order valence-electron chi connectivity index (χ3n) is 3.66. The fraction of sp³-hybridized carbons (Fsp3) is 0.263. The Kier molecular flexibility index (Phi) is 7.76. The molecule has 0 aliphatic rings. The van der Waals surface area contributed by atoms with Gasteiger partial charge in [0.05, 0.1) is 30.0 Å². The van der Waals surface area contributed by atoms with E-state index in [2.05, 4.69) is 5.32 Å². The lowest BCUT2D eigenvalue weighted by Crippen LogP contribution is -2.21. The molecule has 2 aromatic rings. The summed E-state index contributed by atoms with van der Waals surface area (Å²) >= 11 is 11.9. The predicted octanol–water partition coefficient (Wildman–Crippen LogP) is 4.13. The second kappa shape index (κ2) is 10.0. The molecular formula is C19H19Cl2NO5. The normalized spacial score (nSPS) is 10.2. The summed E-state index contributed by atoms with van der Waals surface area (Å²) in [6.45, 7) is -0.409.